The summed E-state index contributed by atoms with van der Waals surface area (Å²) in [5.74, 6) is 6.21. The molecule has 0 aliphatic carbocycles. The first kappa shape index (κ1) is 15.3. The average Bonchev–Trinajstić information content (AvgIpc) is 2.36. The summed E-state index contributed by atoms with van der Waals surface area (Å²) in [4.78, 5) is 12.0. The van der Waals surface area contributed by atoms with E-state index in [0.29, 0.717) is 12.5 Å². The van der Waals surface area contributed by atoms with Crippen molar-refractivity contribution in [1.82, 2.24) is 0 Å². The lowest BCUT2D eigenvalue weighted by atomic mass is 9.97. The summed E-state index contributed by atoms with van der Waals surface area (Å²) in [6.07, 6.45) is 0. The molecule has 102 valence electrons. The SMILES string of the molecule is Cc1cc(NC(=O)C(C)C(C)C)ccc1C#CCN. The van der Waals surface area contributed by atoms with E-state index in [1.807, 2.05) is 45.9 Å². The largest absolute Gasteiger partial charge is 0.326 e. The third kappa shape index (κ3) is 4.42. The highest BCUT2D eigenvalue weighted by Gasteiger charge is 2.16. The second-order valence-electron chi connectivity index (χ2n) is 5.06. The minimum Gasteiger partial charge on any atom is -0.326 e. The summed E-state index contributed by atoms with van der Waals surface area (Å²) in [6.45, 7) is 8.35. The molecule has 1 atom stereocenters. The van der Waals surface area contributed by atoms with Gasteiger partial charge in [0.05, 0.1) is 6.54 Å². The lowest BCUT2D eigenvalue weighted by molar-refractivity contribution is -0.120. The zero-order chi connectivity index (χ0) is 14.4. The van der Waals surface area contributed by atoms with Gasteiger partial charge in [0.15, 0.2) is 0 Å². The maximum Gasteiger partial charge on any atom is 0.227 e. The third-order valence-corrected chi connectivity index (χ3v) is 3.23. The van der Waals surface area contributed by atoms with Crippen LogP contribution in [0.4, 0.5) is 5.69 Å². The van der Waals surface area contributed by atoms with Crippen molar-refractivity contribution in [3.8, 4) is 11.8 Å². The van der Waals surface area contributed by atoms with Crippen LogP contribution in [0.3, 0.4) is 0 Å². The summed E-state index contributed by atoms with van der Waals surface area (Å²) in [5.41, 5.74) is 8.15. The summed E-state index contributed by atoms with van der Waals surface area (Å²) in [7, 11) is 0. The van der Waals surface area contributed by atoms with E-state index in [-0.39, 0.29) is 11.8 Å². The molecule has 0 bridgehead atoms. The van der Waals surface area contributed by atoms with Crippen LogP contribution in [0.15, 0.2) is 18.2 Å². The molecule has 1 rings (SSSR count). The van der Waals surface area contributed by atoms with Crippen LogP contribution in [-0.2, 0) is 4.79 Å². The first-order chi connectivity index (χ1) is 8.95. The van der Waals surface area contributed by atoms with Gasteiger partial charge in [0, 0.05) is 17.2 Å². The molecule has 19 heavy (non-hydrogen) atoms. The van der Waals surface area contributed by atoms with Crippen LogP contribution in [0.1, 0.15) is 31.9 Å². The molecular formula is C16H22N2O. The number of carbonyl (C=O) groups excluding carboxylic acids is 1. The standard InChI is InChI=1S/C16H22N2O/c1-11(2)13(4)16(19)18-15-8-7-14(6-5-9-17)12(3)10-15/h7-8,10-11,13H,9,17H2,1-4H3,(H,18,19). The summed E-state index contributed by atoms with van der Waals surface area (Å²) >= 11 is 0. The van der Waals surface area contributed by atoms with E-state index in [1.165, 1.54) is 0 Å². The lowest BCUT2D eigenvalue weighted by Gasteiger charge is -2.15. The van der Waals surface area contributed by atoms with Crippen LogP contribution in [0, 0.1) is 30.6 Å². The minimum atomic E-state index is -0.00276. The van der Waals surface area contributed by atoms with Gasteiger partial charge < -0.3 is 11.1 Å². The highest BCUT2D eigenvalue weighted by Crippen LogP contribution is 2.17. The van der Waals surface area contributed by atoms with Crippen LogP contribution in [-0.4, -0.2) is 12.5 Å². The maximum atomic E-state index is 12.0. The van der Waals surface area contributed by atoms with Crippen molar-refractivity contribution in [2.75, 3.05) is 11.9 Å². The van der Waals surface area contributed by atoms with Gasteiger partial charge in [-0.15, -0.1) is 0 Å². The van der Waals surface area contributed by atoms with E-state index < -0.39 is 0 Å². The van der Waals surface area contributed by atoms with Gasteiger partial charge in [-0.2, -0.15) is 0 Å². The maximum absolute atomic E-state index is 12.0. The number of anilines is 1. The normalized spacial score (nSPS) is 11.7. The highest BCUT2D eigenvalue weighted by molar-refractivity contribution is 5.92. The molecular weight excluding hydrogens is 236 g/mol. The number of carbonyl (C=O) groups is 1. The quantitative estimate of drug-likeness (QED) is 0.819. The van der Waals surface area contributed by atoms with Crippen molar-refractivity contribution in [2.24, 2.45) is 17.6 Å². The smallest absolute Gasteiger partial charge is 0.227 e. The molecule has 0 saturated heterocycles. The minimum absolute atomic E-state index is 0.00276. The predicted octanol–water partition coefficient (Wildman–Crippen LogP) is 2.54. The fraction of sp³-hybridized carbons (Fsp3) is 0.438. The number of hydrogen-bond donors (Lipinski definition) is 2. The van der Waals surface area contributed by atoms with Crippen molar-refractivity contribution in [2.45, 2.75) is 27.7 Å². The molecule has 1 aromatic carbocycles. The number of amides is 1. The second kappa shape index (κ2) is 6.96. The number of nitrogens with one attached hydrogen (secondary N) is 1. The Hall–Kier alpha value is -1.79. The molecule has 0 spiro atoms. The number of benzene rings is 1. The molecule has 1 amide bonds. The number of nitrogens with two attached hydrogens (primary N) is 1. The first-order valence-corrected chi connectivity index (χ1v) is 6.56. The number of hydrogen-bond acceptors (Lipinski definition) is 2. The second-order valence-corrected chi connectivity index (χ2v) is 5.06. The predicted molar refractivity (Wildman–Crippen MR) is 79.7 cm³/mol. The molecule has 0 aromatic heterocycles. The number of rotatable bonds is 3. The first-order valence-electron chi connectivity index (χ1n) is 6.56. The number of aryl methyl sites for hydroxylation is 1. The summed E-state index contributed by atoms with van der Waals surface area (Å²) < 4.78 is 0. The summed E-state index contributed by atoms with van der Waals surface area (Å²) in [5, 5.41) is 2.94. The van der Waals surface area contributed by atoms with Crippen LogP contribution >= 0.6 is 0 Å². The Morgan fingerprint density at radius 3 is 2.58 bits per heavy atom. The molecule has 1 aromatic rings. The van der Waals surface area contributed by atoms with E-state index in [0.717, 1.165) is 16.8 Å². The Balaban J connectivity index is 2.82. The van der Waals surface area contributed by atoms with Crippen molar-refractivity contribution in [3.05, 3.63) is 29.3 Å². The molecule has 0 saturated carbocycles. The average molecular weight is 258 g/mol. The van der Waals surface area contributed by atoms with Crippen LogP contribution in [0.5, 0.6) is 0 Å². The van der Waals surface area contributed by atoms with Gasteiger partial charge in [0.1, 0.15) is 0 Å². The van der Waals surface area contributed by atoms with E-state index >= 15 is 0 Å². The molecule has 3 heteroatoms. The Morgan fingerprint density at radius 1 is 1.37 bits per heavy atom. The molecule has 3 nitrogen and oxygen atoms in total. The molecule has 0 heterocycles. The van der Waals surface area contributed by atoms with E-state index in [9.17, 15) is 4.79 Å². The fourth-order valence-corrected chi connectivity index (χ4v) is 1.59. The molecule has 0 aliphatic rings. The molecule has 0 radical (unpaired) electrons. The van der Waals surface area contributed by atoms with Gasteiger partial charge in [-0.1, -0.05) is 32.6 Å². The van der Waals surface area contributed by atoms with Crippen molar-refractivity contribution in [1.29, 1.82) is 0 Å². The van der Waals surface area contributed by atoms with E-state index in [4.69, 9.17) is 5.73 Å². The van der Waals surface area contributed by atoms with Crippen molar-refractivity contribution >= 4 is 11.6 Å². The molecule has 3 N–H and O–H groups in total. The van der Waals surface area contributed by atoms with Crippen molar-refractivity contribution < 1.29 is 4.79 Å². The van der Waals surface area contributed by atoms with Gasteiger partial charge in [-0.05, 0) is 36.6 Å². The zero-order valence-corrected chi connectivity index (χ0v) is 12.1. The zero-order valence-electron chi connectivity index (χ0n) is 12.1. The van der Waals surface area contributed by atoms with Gasteiger partial charge in [0.25, 0.3) is 0 Å². The molecule has 0 aliphatic heterocycles. The van der Waals surface area contributed by atoms with Gasteiger partial charge in [0.2, 0.25) is 5.91 Å². The van der Waals surface area contributed by atoms with Crippen LogP contribution in [0.25, 0.3) is 0 Å². The van der Waals surface area contributed by atoms with Crippen molar-refractivity contribution in [3.63, 3.8) is 0 Å². The Kier molecular flexibility index (Phi) is 5.59. The third-order valence-electron chi connectivity index (χ3n) is 3.23. The Labute approximate surface area is 115 Å². The van der Waals surface area contributed by atoms with E-state index in [2.05, 4.69) is 17.2 Å². The Bertz CT molecular complexity index is 509. The van der Waals surface area contributed by atoms with Gasteiger partial charge in [-0.25, -0.2) is 0 Å². The van der Waals surface area contributed by atoms with Gasteiger partial charge >= 0.3 is 0 Å². The summed E-state index contributed by atoms with van der Waals surface area (Å²) in [6, 6.07) is 5.72. The highest BCUT2D eigenvalue weighted by atomic mass is 16.1. The van der Waals surface area contributed by atoms with Crippen LogP contribution in [0.2, 0.25) is 0 Å². The topological polar surface area (TPSA) is 55.1 Å². The monoisotopic (exact) mass is 258 g/mol. The molecule has 0 fully saturated rings. The Morgan fingerprint density at radius 2 is 2.05 bits per heavy atom. The lowest BCUT2D eigenvalue weighted by Crippen LogP contribution is -2.24. The fourth-order valence-electron chi connectivity index (χ4n) is 1.59. The van der Waals surface area contributed by atoms with Crippen LogP contribution < -0.4 is 11.1 Å². The molecule has 1 unspecified atom stereocenters. The van der Waals surface area contributed by atoms with E-state index in [1.54, 1.807) is 0 Å². The van der Waals surface area contributed by atoms with Gasteiger partial charge in [-0.3, -0.25) is 4.79 Å².